The summed E-state index contributed by atoms with van der Waals surface area (Å²) in [4.78, 5) is 29.0. The van der Waals surface area contributed by atoms with E-state index in [1.165, 1.54) is 0 Å². The molecule has 0 unspecified atom stereocenters. The lowest BCUT2D eigenvalue weighted by molar-refractivity contribution is -0.141. The molecule has 6 heteroatoms. The molecule has 0 saturated carbocycles. The second-order valence-corrected chi connectivity index (χ2v) is 8.95. The van der Waals surface area contributed by atoms with E-state index < -0.39 is 0 Å². The summed E-state index contributed by atoms with van der Waals surface area (Å²) in [6.07, 6.45) is 6.18. The monoisotopic (exact) mass is 399 g/mol. The number of carbonyl (C=O) groups excluding carboxylic acids is 2. The smallest absolute Gasteiger partial charge is 0.234 e. The molecule has 3 fully saturated rings. The van der Waals surface area contributed by atoms with Crippen LogP contribution < -0.4 is 5.32 Å². The Morgan fingerprint density at radius 3 is 2.69 bits per heavy atom. The molecule has 29 heavy (non-hydrogen) atoms. The minimum atomic E-state index is 0.0867. The molecule has 1 N–H and O–H groups in total. The Labute approximate surface area is 173 Å². The number of piperidine rings is 2. The Hall–Kier alpha value is -1.92. The molecule has 1 aromatic carbocycles. The van der Waals surface area contributed by atoms with E-state index in [1.54, 1.807) is 0 Å². The van der Waals surface area contributed by atoms with Crippen LogP contribution in [0.25, 0.3) is 0 Å². The van der Waals surface area contributed by atoms with Crippen molar-refractivity contribution in [2.45, 2.75) is 51.2 Å². The van der Waals surface area contributed by atoms with Gasteiger partial charge in [-0.1, -0.05) is 30.3 Å². The van der Waals surface area contributed by atoms with Crippen molar-refractivity contribution in [2.24, 2.45) is 5.41 Å². The van der Waals surface area contributed by atoms with Gasteiger partial charge in [-0.05, 0) is 56.2 Å². The van der Waals surface area contributed by atoms with E-state index in [0.717, 1.165) is 70.5 Å². The third-order valence-electron chi connectivity index (χ3n) is 6.81. The van der Waals surface area contributed by atoms with E-state index in [2.05, 4.69) is 15.1 Å². The average molecular weight is 400 g/mol. The van der Waals surface area contributed by atoms with Gasteiger partial charge in [-0.2, -0.15) is 0 Å². The van der Waals surface area contributed by atoms with E-state index in [0.29, 0.717) is 19.5 Å². The van der Waals surface area contributed by atoms with E-state index in [1.807, 2.05) is 30.3 Å². The Morgan fingerprint density at radius 1 is 1.17 bits per heavy atom. The second-order valence-electron chi connectivity index (χ2n) is 8.95. The Morgan fingerprint density at radius 2 is 1.97 bits per heavy atom. The van der Waals surface area contributed by atoms with Crippen LogP contribution in [0.4, 0.5) is 0 Å². The fourth-order valence-corrected chi connectivity index (χ4v) is 4.95. The normalized spacial score (nSPS) is 24.8. The van der Waals surface area contributed by atoms with Gasteiger partial charge in [0.2, 0.25) is 11.8 Å². The van der Waals surface area contributed by atoms with Gasteiger partial charge in [0.1, 0.15) is 0 Å². The summed E-state index contributed by atoms with van der Waals surface area (Å²) in [5, 5.41) is 3.02. The van der Waals surface area contributed by atoms with E-state index in [9.17, 15) is 9.59 Å². The number of rotatable bonds is 6. The number of carbonyl (C=O) groups is 2. The molecule has 2 amide bonds. The number of hydrogen-bond donors (Lipinski definition) is 1. The number of benzene rings is 1. The third-order valence-corrected chi connectivity index (χ3v) is 6.81. The van der Waals surface area contributed by atoms with Crippen LogP contribution in [0.3, 0.4) is 0 Å². The molecule has 3 aliphatic rings. The molecule has 1 spiro atoms. The molecule has 1 aromatic rings. The quantitative estimate of drug-likeness (QED) is 0.797. The molecule has 3 heterocycles. The fraction of sp³-hybridized carbons (Fsp3) is 0.652. The number of ether oxygens (including phenoxy) is 1. The minimum Gasteiger partial charge on any atom is -0.376 e. The van der Waals surface area contributed by atoms with Crippen LogP contribution >= 0.6 is 0 Å². The predicted octanol–water partition coefficient (Wildman–Crippen LogP) is 2.19. The first-order valence-corrected chi connectivity index (χ1v) is 11.0. The SMILES string of the molecule is O=C(CN1CCC2(CCC(=O)N(C[C@H]3CCCO3)C2)CC1)NCc1ccccc1. The topological polar surface area (TPSA) is 61.9 Å². The maximum Gasteiger partial charge on any atom is 0.234 e. The molecule has 158 valence electrons. The van der Waals surface area contributed by atoms with Crippen molar-refractivity contribution in [2.75, 3.05) is 39.3 Å². The average Bonchev–Trinajstić information content (AvgIpc) is 3.25. The lowest BCUT2D eigenvalue weighted by atomic mass is 9.72. The molecule has 6 nitrogen and oxygen atoms in total. The van der Waals surface area contributed by atoms with Crippen molar-refractivity contribution in [3.05, 3.63) is 35.9 Å². The van der Waals surface area contributed by atoms with Gasteiger partial charge in [0, 0.05) is 32.7 Å². The summed E-state index contributed by atoms with van der Waals surface area (Å²) in [5.41, 5.74) is 1.35. The van der Waals surface area contributed by atoms with Crippen LogP contribution in [-0.2, 0) is 20.9 Å². The molecule has 0 aromatic heterocycles. The van der Waals surface area contributed by atoms with Crippen molar-refractivity contribution < 1.29 is 14.3 Å². The lowest BCUT2D eigenvalue weighted by Crippen LogP contribution is -2.53. The van der Waals surface area contributed by atoms with Gasteiger partial charge >= 0.3 is 0 Å². The van der Waals surface area contributed by atoms with Crippen molar-refractivity contribution in [1.82, 2.24) is 15.1 Å². The predicted molar refractivity (Wildman–Crippen MR) is 111 cm³/mol. The zero-order valence-electron chi connectivity index (χ0n) is 17.3. The maximum atomic E-state index is 12.4. The van der Waals surface area contributed by atoms with Crippen molar-refractivity contribution in [3.8, 4) is 0 Å². The highest BCUT2D eigenvalue weighted by Gasteiger charge is 2.41. The molecular formula is C23H33N3O3. The zero-order valence-corrected chi connectivity index (χ0v) is 17.3. The Kier molecular flexibility index (Phi) is 6.50. The first-order chi connectivity index (χ1) is 14.1. The first kappa shape index (κ1) is 20.4. The molecule has 0 aliphatic carbocycles. The van der Waals surface area contributed by atoms with Crippen LogP contribution in [0.1, 0.15) is 44.1 Å². The molecule has 0 bridgehead atoms. The van der Waals surface area contributed by atoms with E-state index in [4.69, 9.17) is 4.74 Å². The summed E-state index contributed by atoms with van der Waals surface area (Å²) in [5.74, 6) is 0.373. The number of likely N-dealkylation sites (tertiary alicyclic amines) is 2. The van der Waals surface area contributed by atoms with Crippen molar-refractivity contribution in [3.63, 3.8) is 0 Å². The molecule has 3 saturated heterocycles. The fourth-order valence-electron chi connectivity index (χ4n) is 4.95. The van der Waals surface area contributed by atoms with Crippen LogP contribution in [0, 0.1) is 5.41 Å². The maximum absolute atomic E-state index is 12.4. The van der Waals surface area contributed by atoms with Crippen molar-refractivity contribution in [1.29, 1.82) is 0 Å². The lowest BCUT2D eigenvalue weighted by Gasteiger charge is -2.47. The van der Waals surface area contributed by atoms with Gasteiger partial charge in [-0.3, -0.25) is 14.5 Å². The largest absolute Gasteiger partial charge is 0.376 e. The van der Waals surface area contributed by atoms with Gasteiger partial charge < -0.3 is 15.0 Å². The van der Waals surface area contributed by atoms with Gasteiger partial charge in [0.25, 0.3) is 0 Å². The van der Waals surface area contributed by atoms with Crippen LogP contribution in [-0.4, -0.2) is 67.0 Å². The first-order valence-electron chi connectivity index (χ1n) is 11.0. The number of hydrogen-bond acceptors (Lipinski definition) is 4. The van der Waals surface area contributed by atoms with E-state index >= 15 is 0 Å². The third kappa shape index (κ3) is 5.37. The van der Waals surface area contributed by atoms with Gasteiger partial charge in [0.05, 0.1) is 12.6 Å². The minimum absolute atomic E-state index is 0.0867. The Bertz CT molecular complexity index is 695. The molecule has 4 rings (SSSR count). The van der Waals surface area contributed by atoms with Crippen LogP contribution in [0.15, 0.2) is 30.3 Å². The summed E-state index contributed by atoms with van der Waals surface area (Å²) in [6.45, 7) is 5.35. The number of amides is 2. The van der Waals surface area contributed by atoms with Gasteiger partial charge in [0.15, 0.2) is 0 Å². The van der Waals surface area contributed by atoms with Crippen molar-refractivity contribution >= 4 is 11.8 Å². The summed E-state index contributed by atoms with van der Waals surface area (Å²) < 4.78 is 5.75. The molecule has 3 aliphatic heterocycles. The zero-order chi connectivity index (χ0) is 20.1. The molecule has 0 radical (unpaired) electrons. The van der Waals surface area contributed by atoms with Gasteiger partial charge in [-0.15, -0.1) is 0 Å². The highest BCUT2D eigenvalue weighted by atomic mass is 16.5. The van der Waals surface area contributed by atoms with Crippen LogP contribution in [0.5, 0.6) is 0 Å². The molecule has 1 atom stereocenters. The second kappa shape index (κ2) is 9.26. The summed E-state index contributed by atoms with van der Waals surface area (Å²) in [7, 11) is 0. The summed E-state index contributed by atoms with van der Waals surface area (Å²) >= 11 is 0. The molecular weight excluding hydrogens is 366 g/mol. The van der Waals surface area contributed by atoms with E-state index in [-0.39, 0.29) is 23.3 Å². The number of nitrogens with one attached hydrogen (secondary N) is 1. The summed E-state index contributed by atoms with van der Waals surface area (Å²) in [6, 6.07) is 10.0. The number of nitrogens with zero attached hydrogens (tertiary/aromatic N) is 2. The highest BCUT2D eigenvalue weighted by molar-refractivity contribution is 5.78. The standard InChI is InChI=1S/C23H33N3O3/c27-21(24-15-19-5-2-1-3-6-19)17-25-12-10-23(11-13-25)9-8-22(28)26(18-23)16-20-7-4-14-29-20/h1-3,5-6,20H,4,7-18H2,(H,24,27)/t20-/m1/s1. The van der Waals surface area contributed by atoms with Gasteiger partial charge in [-0.25, -0.2) is 0 Å². The Balaban J connectivity index is 1.22. The highest BCUT2D eigenvalue weighted by Crippen LogP contribution is 2.40. The van der Waals surface area contributed by atoms with Crippen LogP contribution in [0.2, 0.25) is 0 Å².